The van der Waals surface area contributed by atoms with Crippen LogP contribution in [0, 0.1) is 12.7 Å². The quantitative estimate of drug-likeness (QED) is 0.654. The molecule has 2 rings (SSSR count). The van der Waals surface area contributed by atoms with Crippen molar-refractivity contribution in [3.8, 4) is 5.75 Å². The van der Waals surface area contributed by atoms with Crippen LogP contribution in [0.3, 0.4) is 0 Å². The molecule has 0 radical (unpaired) electrons. The molecule has 66 valence electrons. The number of aromatic hydroxyl groups is 1. The molecule has 1 nitrogen and oxygen atoms in total. The molecule has 2 heteroatoms. The standard InChI is InChI=1S/C11H9FO/c1-7-9(12)6-5-8-3-2-4-10(13)11(7)8/h2-6,13H,1H3. The molecule has 0 aliphatic rings. The lowest BCUT2D eigenvalue weighted by Gasteiger charge is -2.04. The Kier molecular flexibility index (Phi) is 1.69. The van der Waals surface area contributed by atoms with Gasteiger partial charge in [-0.05, 0) is 30.0 Å². The highest BCUT2D eigenvalue weighted by Crippen LogP contribution is 2.28. The van der Waals surface area contributed by atoms with E-state index in [-0.39, 0.29) is 11.6 Å². The molecular formula is C11H9FO. The van der Waals surface area contributed by atoms with Crippen LogP contribution in [0.15, 0.2) is 30.3 Å². The number of fused-ring (bicyclic) bond motifs is 1. The second-order valence-corrected chi connectivity index (χ2v) is 3.05. The van der Waals surface area contributed by atoms with Gasteiger partial charge in [-0.25, -0.2) is 4.39 Å². The molecule has 0 spiro atoms. The Morgan fingerprint density at radius 2 is 1.92 bits per heavy atom. The summed E-state index contributed by atoms with van der Waals surface area (Å²) in [6.45, 7) is 1.66. The number of rotatable bonds is 0. The average molecular weight is 176 g/mol. The zero-order chi connectivity index (χ0) is 9.42. The minimum Gasteiger partial charge on any atom is -0.507 e. The minimum absolute atomic E-state index is 0.134. The smallest absolute Gasteiger partial charge is 0.126 e. The molecule has 0 amide bonds. The van der Waals surface area contributed by atoms with Crippen molar-refractivity contribution >= 4 is 10.8 Å². The predicted octanol–water partition coefficient (Wildman–Crippen LogP) is 2.99. The summed E-state index contributed by atoms with van der Waals surface area (Å²) in [7, 11) is 0. The first-order valence-electron chi connectivity index (χ1n) is 4.07. The molecule has 1 N–H and O–H groups in total. The third-order valence-electron chi connectivity index (χ3n) is 2.22. The van der Waals surface area contributed by atoms with Crippen molar-refractivity contribution in [3.05, 3.63) is 41.7 Å². The van der Waals surface area contributed by atoms with Crippen molar-refractivity contribution < 1.29 is 9.50 Å². The lowest BCUT2D eigenvalue weighted by molar-refractivity contribution is 0.481. The first-order valence-corrected chi connectivity index (χ1v) is 4.07. The van der Waals surface area contributed by atoms with Gasteiger partial charge in [-0.1, -0.05) is 18.2 Å². The van der Waals surface area contributed by atoms with E-state index in [1.165, 1.54) is 6.07 Å². The third kappa shape index (κ3) is 1.15. The van der Waals surface area contributed by atoms with Crippen LogP contribution >= 0.6 is 0 Å². The van der Waals surface area contributed by atoms with Gasteiger partial charge in [0.05, 0.1) is 0 Å². The number of aryl methyl sites for hydroxylation is 1. The summed E-state index contributed by atoms with van der Waals surface area (Å²) in [6.07, 6.45) is 0. The second-order valence-electron chi connectivity index (χ2n) is 3.05. The number of benzene rings is 2. The van der Waals surface area contributed by atoms with Gasteiger partial charge < -0.3 is 5.11 Å². The van der Waals surface area contributed by atoms with Gasteiger partial charge in [-0.3, -0.25) is 0 Å². The fourth-order valence-electron chi connectivity index (χ4n) is 1.51. The van der Waals surface area contributed by atoms with E-state index < -0.39 is 0 Å². The van der Waals surface area contributed by atoms with Crippen molar-refractivity contribution in [1.29, 1.82) is 0 Å². The Balaban J connectivity index is 2.97. The van der Waals surface area contributed by atoms with Crippen LogP contribution in [0.5, 0.6) is 5.75 Å². The largest absolute Gasteiger partial charge is 0.507 e. The fourth-order valence-corrected chi connectivity index (χ4v) is 1.51. The monoisotopic (exact) mass is 176 g/mol. The van der Waals surface area contributed by atoms with Gasteiger partial charge in [0, 0.05) is 5.39 Å². The molecule has 13 heavy (non-hydrogen) atoms. The van der Waals surface area contributed by atoms with Crippen LogP contribution in [0.1, 0.15) is 5.56 Å². The molecule has 0 atom stereocenters. The van der Waals surface area contributed by atoms with Crippen molar-refractivity contribution in [3.63, 3.8) is 0 Å². The Bertz CT molecular complexity index is 463. The number of halogens is 1. The number of phenolic OH excluding ortho intramolecular Hbond substituents is 1. The van der Waals surface area contributed by atoms with E-state index in [0.717, 1.165) is 5.39 Å². The van der Waals surface area contributed by atoms with Crippen LogP contribution in [0.4, 0.5) is 4.39 Å². The second kappa shape index (κ2) is 2.73. The molecule has 0 bridgehead atoms. The topological polar surface area (TPSA) is 20.2 Å². The average Bonchev–Trinajstić information content (AvgIpc) is 2.12. The maximum absolute atomic E-state index is 13.1. The Hall–Kier alpha value is -1.57. The normalized spacial score (nSPS) is 10.6. The van der Waals surface area contributed by atoms with Crippen LogP contribution in [0.25, 0.3) is 10.8 Å². The molecule has 0 saturated carbocycles. The molecule has 0 saturated heterocycles. The molecule has 2 aromatic carbocycles. The number of hydrogen-bond donors (Lipinski definition) is 1. The van der Waals surface area contributed by atoms with Gasteiger partial charge >= 0.3 is 0 Å². The van der Waals surface area contributed by atoms with Gasteiger partial charge in [0.25, 0.3) is 0 Å². The fraction of sp³-hybridized carbons (Fsp3) is 0.0909. The zero-order valence-corrected chi connectivity index (χ0v) is 7.21. The molecule has 0 fully saturated rings. The summed E-state index contributed by atoms with van der Waals surface area (Å²) in [5, 5.41) is 11.0. The summed E-state index contributed by atoms with van der Waals surface area (Å²) < 4.78 is 13.1. The van der Waals surface area contributed by atoms with E-state index in [1.54, 1.807) is 25.1 Å². The molecule has 0 aliphatic carbocycles. The summed E-state index contributed by atoms with van der Waals surface area (Å²) in [6, 6.07) is 8.24. The highest BCUT2D eigenvalue weighted by Gasteiger charge is 2.05. The van der Waals surface area contributed by atoms with Crippen LogP contribution in [-0.2, 0) is 0 Å². The SMILES string of the molecule is Cc1c(F)ccc2cccc(O)c12. The van der Waals surface area contributed by atoms with Crippen LogP contribution < -0.4 is 0 Å². The third-order valence-corrected chi connectivity index (χ3v) is 2.22. The number of hydrogen-bond acceptors (Lipinski definition) is 1. The van der Waals surface area contributed by atoms with Gasteiger partial charge in [-0.15, -0.1) is 0 Å². The van der Waals surface area contributed by atoms with E-state index in [1.807, 2.05) is 6.07 Å². The van der Waals surface area contributed by atoms with Crippen molar-refractivity contribution in [1.82, 2.24) is 0 Å². The molecule has 0 aliphatic heterocycles. The Morgan fingerprint density at radius 3 is 2.69 bits per heavy atom. The number of phenols is 1. The maximum Gasteiger partial charge on any atom is 0.126 e. The molecule has 0 aromatic heterocycles. The van der Waals surface area contributed by atoms with Crippen LogP contribution in [-0.4, -0.2) is 5.11 Å². The summed E-state index contributed by atoms with van der Waals surface area (Å²) in [5.41, 5.74) is 0.496. The van der Waals surface area contributed by atoms with E-state index in [2.05, 4.69) is 0 Å². The maximum atomic E-state index is 13.1. The minimum atomic E-state index is -0.283. The lowest BCUT2D eigenvalue weighted by atomic mass is 10.0. The van der Waals surface area contributed by atoms with Crippen molar-refractivity contribution in [2.24, 2.45) is 0 Å². The van der Waals surface area contributed by atoms with Crippen molar-refractivity contribution in [2.75, 3.05) is 0 Å². The zero-order valence-electron chi connectivity index (χ0n) is 7.21. The summed E-state index contributed by atoms with van der Waals surface area (Å²) >= 11 is 0. The van der Waals surface area contributed by atoms with E-state index in [4.69, 9.17) is 0 Å². The van der Waals surface area contributed by atoms with E-state index in [9.17, 15) is 9.50 Å². The lowest BCUT2D eigenvalue weighted by Crippen LogP contribution is -1.84. The highest BCUT2D eigenvalue weighted by atomic mass is 19.1. The van der Waals surface area contributed by atoms with Crippen LogP contribution in [0.2, 0.25) is 0 Å². The van der Waals surface area contributed by atoms with E-state index >= 15 is 0 Å². The Morgan fingerprint density at radius 1 is 1.15 bits per heavy atom. The van der Waals surface area contributed by atoms with Crippen molar-refractivity contribution in [2.45, 2.75) is 6.92 Å². The molecule has 2 aromatic rings. The highest BCUT2D eigenvalue weighted by molar-refractivity contribution is 5.90. The van der Waals surface area contributed by atoms with Gasteiger partial charge in [0.15, 0.2) is 0 Å². The molecule has 0 unspecified atom stereocenters. The Labute approximate surface area is 75.4 Å². The first-order chi connectivity index (χ1) is 6.20. The molecule has 0 heterocycles. The van der Waals surface area contributed by atoms with Gasteiger partial charge in [0.2, 0.25) is 0 Å². The predicted molar refractivity (Wildman–Crippen MR) is 50.3 cm³/mol. The van der Waals surface area contributed by atoms with Gasteiger partial charge in [0.1, 0.15) is 11.6 Å². The summed E-state index contributed by atoms with van der Waals surface area (Å²) in [5.74, 6) is -0.150. The molecular weight excluding hydrogens is 167 g/mol. The van der Waals surface area contributed by atoms with Gasteiger partial charge in [-0.2, -0.15) is 0 Å². The van der Waals surface area contributed by atoms with E-state index in [0.29, 0.717) is 10.9 Å². The summed E-state index contributed by atoms with van der Waals surface area (Å²) in [4.78, 5) is 0. The first kappa shape index (κ1) is 8.05.